The number of nitrogens with one attached hydrogen (secondary N) is 1. The van der Waals surface area contributed by atoms with E-state index in [1.165, 1.54) is 0 Å². The van der Waals surface area contributed by atoms with Crippen LogP contribution in [-0.2, 0) is 0 Å². The Kier molecular flexibility index (Phi) is 3.82. The smallest absolute Gasteiger partial charge is 0.195 e. The van der Waals surface area contributed by atoms with Gasteiger partial charge in [0.15, 0.2) is 5.78 Å². The van der Waals surface area contributed by atoms with Crippen LogP contribution in [0.1, 0.15) is 21.5 Å². The largest absolute Gasteiger partial charge is 0.360 e. The fourth-order valence-electron chi connectivity index (χ4n) is 2.35. The van der Waals surface area contributed by atoms with E-state index in [2.05, 4.69) is 20.9 Å². The summed E-state index contributed by atoms with van der Waals surface area (Å²) in [6.45, 7) is 1.91. The highest BCUT2D eigenvalue weighted by Gasteiger charge is 2.18. The van der Waals surface area contributed by atoms with Crippen LogP contribution >= 0.6 is 39.1 Å². The Morgan fingerprint density at radius 3 is 2.67 bits per heavy atom. The molecule has 0 aliphatic heterocycles. The van der Waals surface area contributed by atoms with Crippen LogP contribution in [-0.4, -0.2) is 10.8 Å². The van der Waals surface area contributed by atoms with Crippen LogP contribution in [0.25, 0.3) is 10.9 Å². The minimum atomic E-state index is -0.0655. The first-order valence-electron chi connectivity index (χ1n) is 6.24. The molecule has 0 unspecified atom stereocenters. The van der Waals surface area contributed by atoms with E-state index in [9.17, 15) is 4.79 Å². The third-order valence-corrected chi connectivity index (χ3v) is 4.39. The molecule has 106 valence electrons. The number of benzene rings is 2. The van der Waals surface area contributed by atoms with Crippen LogP contribution in [0.2, 0.25) is 10.0 Å². The van der Waals surface area contributed by atoms with Crippen molar-refractivity contribution in [1.29, 1.82) is 0 Å². The minimum Gasteiger partial charge on any atom is -0.360 e. The highest BCUT2D eigenvalue weighted by molar-refractivity contribution is 9.10. The summed E-state index contributed by atoms with van der Waals surface area (Å²) in [5.41, 5.74) is 2.87. The molecule has 0 saturated heterocycles. The standard InChI is InChI=1S/C16H10BrCl2NO/c1-8-2-3-9(17)4-11(8)16(21)12-7-20-14-6-10(18)5-13(19)15(12)14/h2-7,20H,1H3. The van der Waals surface area contributed by atoms with Crippen LogP contribution in [0.5, 0.6) is 0 Å². The molecule has 0 saturated carbocycles. The van der Waals surface area contributed by atoms with Gasteiger partial charge < -0.3 is 4.98 Å². The number of halogens is 3. The monoisotopic (exact) mass is 381 g/mol. The Hall–Kier alpha value is -1.29. The highest BCUT2D eigenvalue weighted by Crippen LogP contribution is 2.32. The SMILES string of the molecule is Cc1ccc(Br)cc1C(=O)c1c[nH]c2cc(Cl)cc(Cl)c12. The molecular weight excluding hydrogens is 373 g/mol. The summed E-state index contributed by atoms with van der Waals surface area (Å²) in [7, 11) is 0. The molecule has 21 heavy (non-hydrogen) atoms. The average molecular weight is 383 g/mol. The number of carbonyl (C=O) groups is 1. The lowest BCUT2D eigenvalue weighted by Crippen LogP contribution is -2.03. The molecule has 0 spiro atoms. The van der Waals surface area contributed by atoms with Crippen molar-refractivity contribution >= 4 is 55.8 Å². The van der Waals surface area contributed by atoms with Crippen LogP contribution in [0, 0.1) is 6.92 Å². The van der Waals surface area contributed by atoms with Gasteiger partial charge in [-0.3, -0.25) is 4.79 Å². The summed E-state index contributed by atoms with van der Waals surface area (Å²) >= 11 is 15.6. The zero-order chi connectivity index (χ0) is 15.1. The van der Waals surface area contributed by atoms with Gasteiger partial charge in [-0.1, -0.05) is 45.2 Å². The number of fused-ring (bicyclic) bond motifs is 1. The number of aromatic nitrogens is 1. The maximum Gasteiger partial charge on any atom is 0.195 e. The molecule has 1 N–H and O–H groups in total. The van der Waals surface area contributed by atoms with Crippen LogP contribution < -0.4 is 0 Å². The molecule has 1 heterocycles. The second kappa shape index (κ2) is 5.48. The molecule has 2 aromatic carbocycles. The van der Waals surface area contributed by atoms with E-state index in [-0.39, 0.29) is 5.78 Å². The topological polar surface area (TPSA) is 32.9 Å². The Bertz CT molecular complexity index is 870. The van der Waals surface area contributed by atoms with Crippen LogP contribution in [0.15, 0.2) is 41.0 Å². The van der Waals surface area contributed by atoms with Gasteiger partial charge in [-0.25, -0.2) is 0 Å². The predicted molar refractivity (Wildman–Crippen MR) is 90.6 cm³/mol. The fraction of sp³-hybridized carbons (Fsp3) is 0.0625. The van der Waals surface area contributed by atoms with Crippen molar-refractivity contribution in [1.82, 2.24) is 4.98 Å². The van der Waals surface area contributed by atoms with Crippen molar-refractivity contribution < 1.29 is 4.79 Å². The Labute approximate surface area is 140 Å². The van der Waals surface area contributed by atoms with Gasteiger partial charge in [0.1, 0.15) is 0 Å². The number of ketones is 1. The Morgan fingerprint density at radius 2 is 1.90 bits per heavy atom. The Balaban J connectivity index is 2.21. The van der Waals surface area contributed by atoms with Crippen molar-refractivity contribution in [3.63, 3.8) is 0 Å². The molecule has 0 radical (unpaired) electrons. The second-order valence-corrected chi connectivity index (χ2v) is 6.56. The van der Waals surface area contributed by atoms with Gasteiger partial charge in [0.25, 0.3) is 0 Å². The molecule has 0 amide bonds. The normalized spacial score (nSPS) is 11.0. The quantitative estimate of drug-likeness (QED) is 0.560. The second-order valence-electron chi connectivity index (χ2n) is 4.80. The fourth-order valence-corrected chi connectivity index (χ4v) is 3.30. The van der Waals surface area contributed by atoms with Gasteiger partial charge in [0.2, 0.25) is 0 Å². The molecule has 0 bridgehead atoms. The molecule has 1 aromatic heterocycles. The molecular formula is C16H10BrCl2NO. The van der Waals surface area contributed by atoms with Gasteiger partial charge in [-0.05, 0) is 36.8 Å². The van der Waals surface area contributed by atoms with E-state index in [1.54, 1.807) is 18.3 Å². The first kappa shape index (κ1) is 14.6. The number of H-pyrrole nitrogens is 1. The molecule has 2 nitrogen and oxygen atoms in total. The summed E-state index contributed by atoms with van der Waals surface area (Å²) < 4.78 is 0.866. The lowest BCUT2D eigenvalue weighted by atomic mass is 9.99. The zero-order valence-corrected chi connectivity index (χ0v) is 14.1. The molecule has 0 aliphatic rings. The lowest BCUT2D eigenvalue weighted by molar-refractivity contribution is 0.103. The number of hydrogen-bond donors (Lipinski definition) is 1. The first-order chi connectivity index (χ1) is 9.97. The van der Waals surface area contributed by atoms with Gasteiger partial charge >= 0.3 is 0 Å². The van der Waals surface area contributed by atoms with E-state index < -0.39 is 0 Å². The third kappa shape index (κ3) is 2.61. The van der Waals surface area contributed by atoms with E-state index in [1.807, 2.05) is 25.1 Å². The number of aromatic amines is 1. The average Bonchev–Trinajstić information content (AvgIpc) is 2.84. The van der Waals surface area contributed by atoms with Crippen LogP contribution in [0.4, 0.5) is 0 Å². The highest BCUT2D eigenvalue weighted by atomic mass is 79.9. The van der Waals surface area contributed by atoms with Crippen LogP contribution in [0.3, 0.4) is 0 Å². The zero-order valence-electron chi connectivity index (χ0n) is 11.0. The number of rotatable bonds is 2. The maximum absolute atomic E-state index is 12.8. The van der Waals surface area contributed by atoms with Crippen molar-refractivity contribution in [2.24, 2.45) is 0 Å². The van der Waals surface area contributed by atoms with Crippen molar-refractivity contribution in [3.05, 3.63) is 67.7 Å². The number of carbonyl (C=O) groups excluding carboxylic acids is 1. The predicted octanol–water partition coefficient (Wildman–Crippen LogP) is 5.78. The van der Waals surface area contributed by atoms with Gasteiger partial charge in [-0.15, -0.1) is 0 Å². The number of aryl methyl sites for hydroxylation is 1. The first-order valence-corrected chi connectivity index (χ1v) is 7.79. The van der Waals surface area contributed by atoms with Crippen molar-refractivity contribution in [3.8, 4) is 0 Å². The summed E-state index contributed by atoms with van der Waals surface area (Å²) in [4.78, 5) is 15.9. The van der Waals surface area contributed by atoms with E-state index in [0.29, 0.717) is 26.6 Å². The van der Waals surface area contributed by atoms with Crippen molar-refractivity contribution in [2.45, 2.75) is 6.92 Å². The summed E-state index contributed by atoms with van der Waals surface area (Å²) in [6, 6.07) is 9.04. The van der Waals surface area contributed by atoms with Gasteiger partial charge in [0, 0.05) is 37.7 Å². The van der Waals surface area contributed by atoms with E-state index in [4.69, 9.17) is 23.2 Å². The molecule has 3 rings (SSSR count). The van der Waals surface area contributed by atoms with Gasteiger partial charge in [0.05, 0.1) is 5.02 Å². The Morgan fingerprint density at radius 1 is 1.14 bits per heavy atom. The molecule has 0 aliphatic carbocycles. The number of hydrogen-bond acceptors (Lipinski definition) is 1. The summed E-state index contributed by atoms with van der Waals surface area (Å²) in [5, 5.41) is 1.70. The third-order valence-electron chi connectivity index (χ3n) is 3.39. The minimum absolute atomic E-state index is 0.0655. The van der Waals surface area contributed by atoms with E-state index in [0.717, 1.165) is 15.6 Å². The maximum atomic E-state index is 12.8. The molecule has 0 atom stereocenters. The lowest BCUT2D eigenvalue weighted by Gasteiger charge is -2.06. The van der Waals surface area contributed by atoms with E-state index >= 15 is 0 Å². The summed E-state index contributed by atoms with van der Waals surface area (Å²) in [5.74, 6) is -0.0655. The molecule has 3 aromatic rings. The molecule has 5 heteroatoms. The van der Waals surface area contributed by atoms with Gasteiger partial charge in [-0.2, -0.15) is 0 Å². The van der Waals surface area contributed by atoms with Crippen molar-refractivity contribution in [2.75, 3.05) is 0 Å². The molecule has 0 fully saturated rings. The summed E-state index contributed by atoms with van der Waals surface area (Å²) in [6.07, 6.45) is 1.68.